The zero-order valence-corrected chi connectivity index (χ0v) is 24.6. The van der Waals surface area contributed by atoms with Crippen molar-refractivity contribution in [3.63, 3.8) is 0 Å². The molecule has 12 nitrogen and oxygen atoms in total. The molecule has 40 heavy (non-hydrogen) atoms. The maximum absolute atomic E-state index is 12.0. The molecule has 1 saturated heterocycles. The summed E-state index contributed by atoms with van der Waals surface area (Å²) in [6.45, 7) is 10.8. The lowest BCUT2D eigenvalue weighted by Crippen LogP contribution is -2.46. The average molecular weight is 569 g/mol. The Kier molecular flexibility index (Phi) is 15.8. The molecule has 1 aromatic heterocycles. The maximum Gasteiger partial charge on any atom is 0.407 e. The van der Waals surface area contributed by atoms with Gasteiger partial charge < -0.3 is 39.0 Å². The summed E-state index contributed by atoms with van der Waals surface area (Å²) in [5.74, 6) is 0.628. The topological polar surface area (TPSA) is 132 Å². The first-order valence-electron chi connectivity index (χ1n) is 14.0. The summed E-state index contributed by atoms with van der Waals surface area (Å²) in [7, 11) is 2.13. The van der Waals surface area contributed by atoms with Crippen LogP contribution in [0.3, 0.4) is 0 Å². The van der Waals surface area contributed by atoms with Gasteiger partial charge in [-0.25, -0.2) is 4.79 Å². The number of likely N-dealkylation sites (tertiary alicyclic amines) is 1. The number of nitrogens with one attached hydrogen (secondary N) is 1. The van der Waals surface area contributed by atoms with Gasteiger partial charge in [-0.3, -0.25) is 14.7 Å². The highest BCUT2D eigenvalue weighted by atomic mass is 16.6. The number of ether oxygens (including phenoxy) is 5. The first-order chi connectivity index (χ1) is 19.2. The Hall–Kier alpha value is -2.51. The van der Waals surface area contributed by atoms with Crippen LogP contribution in [0.25, 0.3) is 0 Å². The van der Waals surface area contributed by atoms with Gasteiger partial charge in [0.2, 0.25) is 5.91 Å². The lowest BCUT2D eigenvalue weighted by Gasteiger charge is -2.32. The number of carboxylic acid groups (broad SMARTS) is 1. The van der Waals surface area contributed by atoms with E-state index in [4.69, 9.17) is 23.7 Å². The maximum atomic E-state index is 12.0. The number of pyridine rings is 1. The predicted octanol–water partition coefficient (Wildman–Crippen LogP) is 2.58. The number of aromatic nitrogens is 1. The Balaban J connectivity index is 1.36. The molecule has 2 amide bonds. The van der Waals surface area contributed by atoms with Crippen molar-refractivity contribution in [3.8, 4) is 5.75 Å². The molecule has 0 unspecified atom stereocenters. The SMILES string of the molecule is CN1CCC[C@H]1c1cncc(OCCNC(=O)CCOCCOCCOCCOCCN(C(=O)O)C(C)(C)C)c1. The van der Waals surface area contributed by atoms with Crippen molar-refractivity contribution in [2.45, 2.75) is 51.6 Å². The van der Waals surface area contributed by atoms with Crippen LogP contribution in [-0.2, 0) is 23.7 Å². The molecule has 1 fully saturated rings. The van der Waals surface area contributed by atoms with Crippen molar-refractivity contribution in [1.29, 1.82) is 0 Å². The lowest BCUT2D eigenvalue weighted by molar-refractivity contribution is -0.122. The quantitative estimate of drug-likeness (QED) is 0.226. The normalized spacial score (nSPS) is 15.8. The number of hydrogen-bond acceptors (Lipinski definition) is 9. The van der Waals surface area contributed by atoms with E-state index >= 15 is 0 Å². The zero-order chi connectivity index (χ0) is 29.2. The molecule has 1 atom stereocenters. The van der Waals surface area contributed by atoms with Crippen LogP contribution in [0.15, 0.2) is 18.5 Å². The lowest BCUT2D eigenvalue weighted by atomic mass is 10.1. The number of amides is 2. The van der Waals surface area contributed by atoms with E-state index in [1.165, 1.54) is 16.9 Å². The molecule has 2 rings (SSSR count). The number of nitrogens with zero attached hydrogens (tertiary/aromatic N) is 3. The fraction of sp³-hybridized carbons (Fsp3) is 0.750. The van der Waals surface area contributed by atoms with E-state index in [0.29, 0.717) is 78.6 Å². The van der Waals surface area contributed by atoms with E-state index in [1.807, 2.05) is 33.0 Å². The molecule has 0 bridgehead atoms. The molecule has 1 aliphatic rings. The van der Waals surface area contributed by atoms with E-state index in [-0.39, 0.29) is 12.3 Å². The highest BCUT2D eigenvalue weighted by molar-refractivity contribution is 5.75. The summed E-state index contributed by atoms with van der Waals surface area (Å²) < 4.78 is 27.5. The minimum Gasteiger partial charge on any atom is -0.490 e. The Morgan fingerprint density at radius 3 is 2.20 bits per heavy atom. The molecule has 0 radical (unpaired) electrons. The van der Waals surface area contributed by atoms with E-state index < -0.39 is 11.6 Å². The third-order valence-corrected chi connectivity index (χ3v) is 6.42. The van der Waals surface area contributed by atoms with Crippen molar-refractivity contribution in [3.05, 3.63) is 24.0 Å². The van der Waals surface area contributed by atoms with Gasteiger partial charge in [-0.1, -0.05) is 0 Å². The van der Waals surface area contributed by atoms with E-state index in [1.54, 1.807) is 6.20 Å². The third kappa shape index (κ3) is 13.7. The minimum absolute atomic E-state index is 0.0892. The van der Waals surface area contributed by atoms with Crippen LogP contribution in [-0.4, -0.2) is 124 Å². The van der Waals surface area contributed by atoms with Crippen molar-refractivity contribution < 1.29 is 38.4 Å². The van der Waals surface area contributed by atoms with Gasteiger partial charge in [0, 0.05) is 30.7 Å². The molecule has 0 aliphatic carbocycles. The summed E-state index contributed by atoms with van der Waals surface area (Å²) in [6, 6.07) is 2.43. The zero-order valence-electron chi connectivity index (χ0n) is 24.6. The summed E-state index contributed by atoms with van der Waals surface area (Å²) in [6.07, 6.45) is 5.23. The molecular formula is C28H48N4O8. The number of carbonyl (C=O) groups is 2. The smallest absolute Gasteiger partial charge is 0.407 e. The Morgan fingerprint density at radius 1 is 1.00 bits per heavy atom. The standard InChI is InChI=1S/C28H48N4O8/c1-28(2,3)32(27(34)35)10-13-37-15-17-39-19-18-38-16-14-36-11-7-26(33)30-8-12-40-24-20-23(21-29-22-24)25-6-5-9-31(25)4/h20-22,25H,5-19H2,1-4H3,(H,30,33)(H,34,35)/t25-/m0/s1. The van der Waals surface area contributed by atoms with Gasteiger partial charge in [-0.05, 0) is 58.8 Å². The van der Waals surface area contributed by atoms with Gasteiger partial charge in [0.05, 0.1) is 65.6 Å². The monoisotopic (exact) mass is 568 g/mol. The van der Waals surface area contributed by atoms with Crippen LogP contribution in [0.2, 0.25) is 0 Å². The highest BCUT2D eigenvalue weighted by Gasteiger charge is 2.25. The molecule has 0 saturated carbocycles. The second kappa shape index (κ2) is 18.8. The molecule has 2 N–H and O–H groups in total. The second-order valence-electron chi connectivity index (χ2n) is 10.6. The molecule has 228 valence electrons. The highest BCUT2D eigenvalue weighted by Crippen LogP contribution is 2.31. The van der Waals surface area contributed by atoms with E-state index in [9.17, 15) is 14.7 Å². The number of hydrogen-bond donors (Lipinski definition) is 2. The first-order valence-corrected chi connectivity index (χ1v) is 14.0. The fourth-order valence-electron chi connectivity index (χ4n) is 4.28. The molecular weight excluding hydrogens is 520 g/mol. The molecule has 0 spiro atoms. The van der Waals surface area contributed by atoms with Gasteiger partial charge in [0.25, 0.3) is 0 Å². The second-order valence-corrected chi connectivity index (χ2v) is 10.6. The van der Waals surface area contributed by atoms with Gasteiger partial charge in [0.15, 0.2) is 0 Å². The van der Waals surface area contributed by atoms with Crippen LogP contribution in [0.1, 0.15) is 51.6 Å². The van der Waals surface area contributed by atoms with Crippen LogP contribution in [0.4, 0.5) is 4.79 Å². The van der Waals surface area contributed by atoms with Gasteiger partial charge in [-0.2, -0.15) is 0 Å². The van der Waals surface area contributed by atoms with Crippen LogP contribution in [0, 0.1) is 0 Å². The predicted molar refractivity (Wildman–Crippen MR) is 150 cm³/mol. The van der Waals surface area contributed by atoms with Gasteiger partial charge in [-0.15, -0.1) is 0 Å². The summed E-state index contributed by atoms with van der Waals surface area (Å²) in [4.78, 5) is 31.2. The summed E-state index contributed by atoms with van der Waals surface area (Å²) in [5, 5.41) is 12.1. The average Bonchev–Trinajstić information content (AvgIpc) is 3.34. The fourth-order valence-corrected chi connectivity index (χ4v) is 4.28. The number of rotatable bonds is 20. The summed E-state index contributed by atoms with van der Waals surface area (Å²) in [5.41, 5.74) is 0.701. The Morgan fingerprint density at radius 2 is 1.62 bits per heavy atom. The van der Waals surface area contributed by atoms with Crippen molar-refractivity contribution in [1.82, 2.24) is 20.1 Å². The molecule has 1 aromatic rings. The van der Waals surface area contributed by atoms with E-state index in [0.717, 1.165) is 18.7 Å². The minimum atomic E-state index is -0.958. The molecule has 2 heterocycles. The third-order valence-electron chi connectivity index (χ3n) is 6.42. The van der Waals surface area contributed by atoms with Gasteiger partial charge in [0.1, 0.15) is 12.4 Å². The van der Waals surface area contributed by atoms with Crippen LogP contribution >= 0.6 is 0 Å². The van der Waals surface area contributed by atoms with E-state index in [2.05, 4.69) is 22.2 Å². The number of carbonyl (C=O) groups excluding carboxylic acids is 1. The van der Waals surface area contributed by atoms with Crippen molar-refractivity contribution >= 4 is 12.0 Å². The van der Waals surface area contributed by atoms with Crippen LogP contribution < -0.4 is 10.1 Å². The van der Waals surface area contributed by atoms with Crippen LogP contribution in [0.5, 0.6) is 5.75 Å². The largest absolute Gasteiger partial charge is 0.490 e. The van der Waals surface area contributed by atoms with Crippen molar-refractivity contribution in [2.24, 2.45) is 0 Å². The Bertz CT molecular complexity index is 867. The van der Waals surface area contributed by atoms with Gasteiger partial charge >= 0.3 is 6.09 Å². The molecule has 12 heteroatoms. The molecule has 0 aromatic carbocycles. The van der Waals surface area contributed by atoms with Crippen molar-refractivity contribution in [2.75, 3.05) is 86.1 Å². The Labute approximate surface area is 238 Å². The first kappa shape index (κ1) is 33.7. The molecule has 1 aliphatic heterocycles. The summed E-state index contributed by atoms with van der Waals surface area (Å²) >= 11 is 0.